The van der Waals surface area contributed by atoms with Crippen molar-refractivity contribution < 1.29 is 9.72 Å². The van der Waals surface area contributed by atoms with Gasteiger partial charge in [-0.3, -0.25) is 16.0 Å². The van der Waals surface area contributed by atoms with Crippen LogP contribution in [0.5, 0.6) is 0 Å². The minimum Gasteiger partial charge on any atom is -0.324 e. The number of benzene rings is 1. The molecule has 0 saturated heterocycles. The fourth-order valence-electron chi connectivity index (χ4n) is 0.679. The van der Waals surface area contributed by atoms with Gasteiger partial charge < -0.3 is 10.2 Å². The first-order valence-corrected chi connectivity index (χ1v) is 3.24. The van der Waals surface area contributed by atoms with Gasteiger partial charge in [-0.05, 0) is 12.1 Å². The van der Waals surface area contributed by atoms with Crippen molar-refractivity contribution in [1.82, 2.24) is 0 Å². The summed E-state index contributed by atoms with van der Waals surface area (Å²) in [6.45, 7) is 2.00. The summed E-state index contributed by atoms with van der Waals surface area (Å²) in [4.78, 5) is 17.7. The van der Waals surface area contributed by atoms with Crippen molar-refractivity contribution in [3.05, 3.63) is 34.4 Å². The number of nitrogens with zero attached hydrogens (tertiary/aromatic N) is 1. The fraction of sp³-hybridized carbons (Fsp3) is 0. The summed E-state index contributed by atoms with van der Waals surface area (Å²) < 4.78 is 0. The second kappa shape index (κ2) is 5.67. The Balaban J connectivity index is 0.000000671. The fourth-order valence-corrected chi connectivity index (χ4v) is 0.679. The standard InChI is InChI=1S/C6H7N3O2.CH2O/c7-8-5-1-3-6(4-2-5)9(10)11;1-2/h1-4,8H,7H2;1H2. The number of carbonyl (C=O) groups excluding carboxylic acids is 1. The number of nitrogen functional groups attached to an aromatic ring is 1. The minimum absolute atomic E-state index is 0.0593. The number of hydrazine groups is 1. The van der Waals surface area contributed by atoms with E-state index in [1.165, 1.54) is 24.3 Å². The Kier molecular flexibility index (Phi) is 4.82. The van der Waals surface area contributed by atoms with Gasteiger partial charge in [-0.25, -0.2) is 0 Å². The molecule has 1 aromatic rings. The van der Waals surface area contributed by atoms with Crippen LogP contribution in [0, 0.1) is 10.1 Å². The van der Waals surface area contributed by atoms with E-state index in [9.17, 15) is 10.1 Å². The van der Waals surface area contributed by atoms with Gasteiger partial charge in [-0.15, -0.1) is 0 Å². The molecule has 0 unspecified atom stereocenters. The van der Waals surface area contributed by atoms with Crippen molar-refractivity contribution >= 4 is 18.2 Å². The van der Waals surface area contributed by atoms with E-state index in [0.717, 1.165) is 0 Å². The number of rotatable bonds is 2. The Hall–Kier alpha value is -1.95. The van der Waals surface area contributed by atoms with Crippen LogP contribution in [0.25, 0.3) is 0 Å². The first kappa shape index (κ1) is 11.1. The molecular formula is C7H9N3O3. The third-order valence-electron chi connectivity index (χ3n) is 1.24. The number of nitro groups is 1. The van der Waals surface area contributed by atoms with Crippen molar-refractivity contribution in [2.75, 3.05) is 5.43 Å². The van der Waals surface area contributed by atoms with E-state index >= 15 is 0 Å². The second-order valence-corrected chi connectivity index (χ2v) is 1.95. The van der Waals surface area contributed by atoms with Gasteiger partial charge in [0.15, 0.2) is 0 Å². The van der Waals surface area contributed by atoms with Gasteiger partial charge in [0.1, 0.15) is 6.79 Å². The SMILES string of the molecule is C=O.NNc1ccc([N+](=O)[O-])cc1. The molecule has 1 aromatic carbocycles. The van der Waals surface area contributed by atoms with E-state index in [1.54, 1.807) is 0 Å². The summed E-state index contributed by atoms with van der Waals surface area (Å²) in [5, 5.41) is 10.2. The maximum Gasteiger partial charge on any atom is 0.269 e. The first-order chi connectivity index (χ1) is 6.24. The summed E-state index contributed by atoms with van der Waals surface area (Å²) in [6.07, 6.45) is 0. The molecule has 13 heavy (non-hydrogen) atoms. The molecule has 0 saturated carbocycles. The highest BCUT2D eigenvalue weighted by Gasteiger charge is 2.01. The maximum atomic E-state index is 10.2. The molecule has 0 fully saturated rings. The molecule has 0 aromatic heterocycles. The molecule has 0 spiro atoms. The number of hydrogen-bond acceptors (Lipinski definition) is 5. The highest BCUT2D eigenvalue weighted by molar-refractivity contribution is 5.47. The number of nitrogens with one attached hydrogen (secondary N) is 1. The van der Waals surface area contributed by atoms with Crippen LogP contribution in [0.3, 0.4) is 0 Å². The predicted octanol–water partition coefficient (Wildman–Crippen LogP) is 0.696. The van der Waals surface area contributed by atoms with Crippen molar-refractivity contribution in [3.63, 3.8) is 0 Å². The average molecular weight is 183 g/mol. The highest BCUT2D eigenvalue weighted by Crippen LogP contribution is 2.13. The van der Waals surface area contributed by atoms with Crippen LogP contribution >= 0.6 is 0 Å². The Morgan fingerprint density at radius 2 is 1.77 bits per heavy atom. The molecule has 0 heterocycles. The molecule has 6 heteroatoms. The van der Waals surface area contributed by atoms with Crippen LogP contribution in [0.2, 0.25) is 0 Å². The van der Waals surface area contributed by atoms with E-state index < -0.39 is 4.92 Å². The molecule has 6 nitrogen and oxygen atoms in total. The first-order valence-electron chi connectivity index (χ1n) is 3.24. The average Bonchev–Trinajstić information content (AvgIpc) is 2.21. The number of anilines is 1. The van der Waals surface area contributed by atoms with Gasteiger partial charge in [0.25, 0.3) is 5.69 Å². The lowest BCUT2D eigenvalue weighted by Gasteiger charge is -1.96. The van der Waals surface area contributed by atoms with Crippen molar-refractivity contribution in [1.29, 1.82) is 0 Å². The van der Waals surface area contributed by atoms with Crippen LogP contribution in [0.1, 0.15) is 0 Å². The lowest BCUT2D eigenvalue weighted by atomic mass is 10.3. The lowest BCUT2D eigenvalue weighted by Crippen LogP contribution is -2.06. The molecule has 1 rings (SSSR count). The number of nitrogens with two attached hydrogens (primary N) is 1. The zero-order valence-corrected chi connectivity index (χ0v) is 6.77. The Bertz CT molecular complexity index is 273. The van der Waals surface area contributed by atoms with Gasteiger partial charge in [-0.2, -0.15) is 0 Å². The molecular weight excluding hydrogens is 174 g/mol. The molecule has 0 aliphatic rings. The molecule has 0 aliphatic heterocycles. The normalized spacial score (nSPS) is 8.08. The zero-order valence-electron chi connectivity index (χ0n) is 6.77. The molecule has 70 valence electrons. The smallest absolute Gasteiger partial charge is 0.269 e. The summed E-state index contributed by atoms with van der Waals surface area (Å²) in [5.41, 5.74) is 3.08. The third kappa shape index (κ3) is 3.30. The van der Waals surface area contributed by atoms with Crippen LogP contribution < -0.4 is 11.3 Å². The van der Waals surface area contributed by atoms with E-state index in [-0.39, 0.29) is 5.69 Å². The predicted molar refractivity (Wildman–Crippen MR) is 48.0 cm³/mol. The van der Waals surface area contributed by atoms with Crippen LogP contribution in [0.15, 0.2) is 24.3 Å². The Labute approximate surface area is 74.5 Å². The molecule has 3 N–H and O–H groups in total. The zero-order chi connectivity index (χ0) is 10.3. The topological polar surface area (TPSA) is 98.3 Å². The molecule has 0 aliphatic carbocycles. The van der Waals surface area contributed by atoms with Crippen molar-refractivity contribution in [2.24, 2.45) is 5.84 Å². The summed E-state index contributed by atoms with van der Waals surface area (Å²) >= 11 is 0. The van der Waals surface area contributed by atoms with E-state index in [0.29, 0.717) is 5.69 Å². The third-order valence-corrected chi connectivity index (χ3v) is 1.24. The number of non-ortho nitro benzene ring substituents is 1. The Morgan fingerprint density at radius 1 is 1.31 bits per heavy atom. The van der Waals surface area contributed by atoms with Crippen LogP contribution in [-0.4, -0.2) is 11.7 Å². The second-order valence-electron chi connectivity index (χ2n) is 1.95. The molecule has 0 atom stereocenters. The maximum absolute atomic E-state index is 10.2. The number of carbonyl (C=O) groups is 1. The molecule has 0 amide bonds. The van der Waals surface area contributed by atoms with Gasteiger partial charge in [0.2, 0.25) is 0 Å². The largest absolute Gasteiger partial charge is 0.324 e. The van der Waals surface area contributed by atoms with Crippen molar-refractivity contribution in [2.45, 2.75) is 0 Å². The van der Waals surface area contributed by atoms with Crippen LogP contribution in [0.4, 0.5) is 11.4 Å². The summed E-state index contributed by atoms with van der Waals surface area (Å²) in [6, 6.07) is 5.85. The molecule has 0 bridgehead atoms. The van der Waals surface area contributed by atoms with E-state index in [2.05, 4.69) is 5.43 Å². The van der Waals surface area contributed by atoms with Gasteiger partial charge >= 0.3 is 0 Å². The van der Waals surface area contributed by atoms with E-state index in [1.807, 2.05) is 6.79 Å². The highest BCUT2D eigenvalue weighted by atomic mass is 16.6. The summed E-state index contributed by atoms with van der Waals surface area (Å²) in [5.74, 6) is 5.06. The lowest BCUT2D eigenvalue weighted by molar-refractivity contribution is -0.384. The van der Waals surface area contributed by atoms with Gasteiger partial charge in [-0.1, -0.05) is 0 Å². The Morgan fingerprint density at radius 3 is 2.08 bits per heavy atom. The number of nitro benzene ring substituents is 1. The molecule has 0 radical (unpaired) electrons. The van der Waals surface area contributed by atoms with Crippen molar-refractivity contribution in [3.8, 4) is 0 Å². The monoisotopic (exact) mass is 183 g/mol. The van der Waals surface area contributed by atoms with Gasteiger partial charge in [0.05, 0.1) is 4.92 Å². The van der Waals surface area contributed by atoms with Gasteiger partial charge in [0, 0.05) is 17.8 Å². The van der Waals surface area contributed by atoms with Crippen LogP contribution in [-0.2, 0) is 4.79 Å². The van der Waals surface area contributed by atoms with E-state index in [4.69, 9.17) is 10.6 Å². The number of hydrogen-bond donors (Lipinski definition) is 2. The quantitative estimate of drug-likeness (QED) is 0.399. The summed E-state index contributed by atoms with van der Waals surface area (Å²) in [7, 11) is 0. The minimum atomic E-state index is -0.458.